The van der Waals surface area contributed by atoms with Crippen LogP contribution in [0.25, 0.3) is 0 Å². The average molecular weight is 407 g/mol. The molecule has 2 aromatic heterocycles. The van der Waals surface area contributed by atoms with E-state index in [0.717, 1.165) is 37.2 Å². The second-order valence-corrected chi connectivity index (χ2v) is 8.47. The second kappa shape index (κ2) is 11.1. The highest BCUT2D eigenvalue weighted by Gasteiger charge is 2.14. The first-order chi connectivity index (χ1) is 14.2. The van der Waals surface area contributed by atoms with Crippen molar-refractivity contribution in [2.75, 3.05) is 6.54 Å². The summed E-state index contributed by atoms with van der Waals surface area (Å²) in [6.45, 7) is 5.66. The zero-order chi connectivity index (χ0) is 20.5. The molecule has 1 unspecified atom stereocenters. The van der Waals surface area contributed by atoms with Gasteiger partial charge in [0.2, 0.25) is 0 Å². The Morgan fingerprint density at radius 1 is 1.03 bits per heavy atom. The number of nitrogens with two attached hydrogens (primary N) is 1. The molecule has 3 N–H and O–H groups in total. The Bertz CT molecular complexity index is 898. The van der Waals surface area contributed by atoms with Crippen LogP contribution >= 0.6 is 11.8 Å². The number of nitrogens with one attached hydrogen (secondary N) is 1. The standard InChI is InChI=1S/C24H30N4S/c1-18-14-19(2)22(28-16-18)15-20(8-6-12-25)27-17-23-24(11-7-13-26-23)29-21-9-4-3-5-10-21/h3-5,7,9-11,13-14,16,20,27H,6,8,12,15,17,25H2,1-2H3. The summed E-state index contributed by atoms with van der Waals surface area (Å²) in [5.41, 5.74) is 10.5. The predicted octanol–water partition coefficient (Wildman–Crippen LogP) is 4.68. The minimum Gasteiger partial charge on any atom is -0.330 e. The van der Waals surface area contributed by atoms with E-state index in [4.69, 9.17) is 5.73 Å². The fourth-order valence-corrected chi connectivity index (χ4v) is 4.27. The lowest BCUT2D eigenvalue weighted by Crippen LogP contribution is -2.32. The zero-order valence-corrected chi connectivity index (χ0v) is 18.1. The quantitative estimate of drug-likeness (QED) is 0.512. The van der Waals surface area contributed by atoms with Crippen LogP contribution in [0, 0.1) is 13.8 Å². The van der Waals surface area contributed by atoms with Crippen molar-refractivity contribution in [2.24, 2.45) is 5.73 Å². The number of aromatic nitrogens is 2. The topological polar surface area (TPSA) is 63.8 Å². The molecular weight excluding hydrogens is 376 g/mol. The molecule has 29 heavy (non-hydrogen) atoms. The van der Waals surface area contributed by atoms with Crippen molar-refractivity contribution >= 4 is 11.8 Å². The van der Waals surface area contributed by atoms with Gasteiger partial charge in [-0.1, -0.05) is 36.0 Å². The van der Waals surface area contributed by atoms with Gasteiger partial charge in [0.15, 0.2) is 0 Å². The molecule has 0 aliphatic rings. The zero-order valence-electron chi connectivity index (χ0n) is 17.3. The van der Waals surface area contributed by atoms with E-state index in [0.29, 0.717) is 12.6 Å². The maximum absolute atomic E-state index is 5.78. The Morgan fingerprint density at radius 3 is 2.62 bits per heavy atom. The molecule has 0 saturated heterocycles. The molecule has 4 nitrogen and oxygen atoms in total. The van der Waals surface area contributed by atoms with Crippen LogP contribution < -0.4 is 11.1 Å². The summed E-state index contributed by atoms with van der Waals surface area (Å²) < 4.78 is 0. The lowest BCUT2D eigenvalue weighted by atomic mass is 10.0. The van der Waals surface area contributed by atoms with Gasteiger partial charge >= 0.3 is 0 Å². The molecule has 0 aliphatic carbocycles. The van der Waals surface area contributed by atoms with Crippen LogP contribution in [-0.2, 0) is 13.0 Å². The van der Waals surface area contributed by atoms with E-state index in [2.05, 4.69) is 65.5 Å². The maximum Gasteiger partial charge on any atom is 0.0680 e. The summed E-state index contributed by atoms with van der Waals surface area (Å²) in [5, 5.41) is 3.72. The summed E-state index contributed by atoms with van der Waals surface area (Å²) in [6.07, 6.45) is 6.75. The van der Waals surface area contributed by atoms with Gasteiger partial charge in [0.25, 0.3) is 0 Å². The third-order valence-electron chi connectivity index (χ3n) is 4.90. The van der Waals surface area contributed by atoms with Crippen LogP contribution in [0.3, 0.4) is 0 Å². The van der Waals surface area contributed by atoms with Crippen molar-refractivity contribution in [2.45, 2.75) is 55.5 Å². The van der Waals surface area contributed by atoms with Crippen LogP contribution in [0.15, 0.2) is 70.7 Å². The van der Waals surface area contributed by atoms with Crippen LogP contribution in [0.4, 0.5) is 0 Å². The predicted molar refractivity (Wildman–Crippen MR) is 121 cm³/mol. The summed E-state index contributed by atoms with van der Waals surface area (Å²) in [6, 6.07) is 17.1. The fourth-order valence-electron chi connectivity index (χ4n) is 3.34. The summed E-state index contributed by atoms with van der Waals surface area (Å²) in [7, 11) is 0. The van der Waals surface area contributed by atoms with E-state index in [1.54, 1.807) is 11.8 Å². The second-order valence-electron chi connectivity index (χ2n) is 7.35. The highest BCUT2D eigenvalue weighted by Crippen LogP contribution is 2.29. The molecular formula is C24H30N4S. The molecule has 0 aliphatic heterocycles. The smallest absolute Gasteiger partial charge is 0.0680 e. The number of nitrogens with zero attached hydrogens (tertiary/aromatic N) is 2. The first kappa shape index (κ1) is 21.5. The molecule has 0 bridgehead atoms. The first-order valence-electron chi connectivity index (χ1n) is 10.2. The van der Waals surface area contributed by atoms with E-state index in [9.17, 15) is 0 Å². The molecule has 0 amide bonds. The van der Waals surface area contributed by atoms with Gasteiger partial charge in [0.1, 0.15) is 0 Å². The number of aryl methyl sites for hydroxylation is 2. The summed E-state index contributed by atoms with van der Waals surface area (Å²) in [5.74, 6) is 0. The Kier molecular flexibility index (Phi) is 8.23. The van der Waals surface area contributed by atoms with Gasteiger partial charge in [-0.15, -0.1) is 0 Å². The van der Waals surface area contributed by atoms with Crippen molar-refractivity contribution in [1.82, 2.24) is 15.3 Å². The van der Waals surface area contributed by atoms with Crippen molar-refractivity contribution < 1.29 is 0 Å². The van der Waals surface area contributed by atoms with Gasteiger partial charge in [-0.05, 0) is 68.6 Å². The van der Waals surface area contributed by atoms with E-state index in [-0.39, 0.29) is 0 Å². The molecule has 1 aromatic carbocycles. The third-order valence-corrected chi connectivity index (χ3v) is 6.00. The minimum absolute atomic E-state index is 0.323. The van der Waals surface area contributed by atoms with Crippen molar-refractivity contribution in [3.8, 4) is 0 Å². The Labute approximate surface area is 178 Å². The van der Waals surface area contributed by atoms with E-state index >= 15 is 0 Å². The van der Waals surface area contributed by atoms with Crippen molar-refractivity contribution in [1.29, 1.82) is 0 Å². The highest BCUT2D eigenvalue weighted by molar-refractivity contribution is 7.99. The number of hydrogen-bond acceptors (Lipinski definition) is 5. The van der Waals surface area contributed by atoms with Crippen LogP contribution in [0.1, 0.15) is 35.4 Å². The first-order valence-corrected chi connectivity index (χ1v) is 11.0. The van der Waals surface area contributed by atoms with Crippen molar-refractivity contribution in [3.05, 3.63) is 83.4 Å². The van der Waals surface area contributed by atoms with Gasteiger partial charge in [-0.25, -0.2) is 0 Å². The van der Waals surface area contributed by atoms with Crippen LogP contribution in [0.2, 0.25) is 0 Å². The van der Waals surface area contributed by atoms with E-state index in [1.165, 1.54) is 20.9 Å². The maximum atomic E-state index is 5.78. The summed E-state index contributed by atoms with van der Waals surface area (Å²) >= 11 is 1.76. The van der Waals surface area contributed by atoms with Crippen molar-refractivity contribution in [3.63, 3.8) is 0 Å². The molecule has 3 aromatic rings. The Hall–Kier alpha value is -2.21. The number of rotatable bonds is 10. The lowest BCUT2D eigenvalue weighted by Gasteiger charge is -2.20. The molecule has 1 atom stereocenters. The Morgan fingerprint density at radius 2 is 1.86 bits per heavy atom. The van der Waals surface area contributed by atoms with Crippen LogP contribution in [0.5, 0.6) is 0 Å². The highest BCUT2D eigenvalue weighted by atomic mass is 32.2. The molecule has 0 fully saturated rings. The summed E-state index contributed by atoms with van der Waals surface area (Å²) in [4.78, 5) is 11.7. The molecule has 3 rings (SSSR count). The minimum atomic E-state index is 0.323. The van der Waals surface area contributed by atoms with Gasteiger partial charge in [0.05, 0.1) is 5.69 Å². The van der Waals surface area contributed by atoms with Gasteiger partial charge in [0, 0.05) is 46.9 Å². The molecule has 0 spiro atoms. The number of pyridine rings is 2. The monoisotopic (exact) mass is 406 g/mol. The molecule has 2 heterocycles. The molecule has 152 valence electrons. The largest absolute Gasteiger partial charge is 0.330 e. The van der Waals surface area contributed by atoms with Gasteiger partial charge in [-0.3, -0.25) is 9.97 Å². The fraction of sp³-hybridized carbons (Fsp3) is 0.333. The third kappa shape index (κ3) is 6.67. The number of benzene rings is 1. The molecule has 0 radical (unpaired) electrons. The normalized spacial score (nSPS) is 12.1. The SMILES string of the molecule is Cc1cnc(CC(CCCN)NCc2ncccc2Sc2ccccc2)c(C)c1. The van der Waals surface area contributed by atoms with Gasteiger partial charge in [-0.2, -0.15) is 0 Å². The molecule has 0 saturated carbocycles. The number of hydrogen-bond donors (Lipinski definition) is 2. The van der Waals surface area contributed by atoms with Gasteiger partial charge < -0.3 is 11.1 Å². The van der Waals surface area contributed by atoms with E-state index < -0.39 is 0 Å². The Balaban J connectivity index is 1.69. The molecule has 5 heteroatoms. The average Bonchev–Trinajstić information content (AvgIpc) is 2.73. The van der Waals surface area contributed by atoms with E-state index in [1.807, 2.05) is 24.5 Å². The lowest BCUT2D eigenvalue weighted by molar-refractivity contribution is 0.456. The van der Waals surface area contributed by atoms with Crippen LogP contribution in [-0.4, -0.2) is 22.6 Å².